The summed E-state index contributed by atoms with van der Waals surface area (Å²) >= 11 is 0. The second-order valence-electron chi connectivity index (χ2n) is 12.6. The quantitative estimate of drug-likeness (QED) is 0.218. The summed E-state index contributed by atoms with van der Waals surface area (Å²) in [6.07, 6.45) is 2.41. The number of para-hydroxylation sites is 2. The third kappa shape index (κ3) is 5.45. The first-order valence-corrected chi connectivity index (χ1v) is 15.4. The van der Waals surface area contributed by atoms with E-state index in [4.69, 9.17) is 0 Å². The Hall–Kier alpha value is -3.78. The monoisotopic (exact) mass is 542 g/mol. The SMILES string of the molecule is CC(C)c1cccc(C(C)C)c1N1C=C(c2ccccc2)N(c2c(C(C)C)cccc2C(C)C)C1c1ccccc1. The topological polar surface area (TPSA) is 6.48 Å². The summed E-state index contributed by atoms with van der Waals surface area (Å²) in [5, 5.41) is 0. The molecule has 4 aromatic carbocycles. The summed E-state index contributed by atoms with van der Waals surface area (Å²) in [6.45, 7) is 18.6. The molecule has 2 nitrogen and oxygen atoms in total. The van der Waals surface area contributed by atoms with Crippen LogP contribution in [0, 0.1) is 0 Å². The Labute approximate surface area is 248 Å². The lowest BCUT2D eigenvalue weighted by Gasteiger charge is -2.39. The molecule has 0 spiro atoms. The summed E-state index contributed by atoms with van der Waals surface area (Å²) in [7, 11) is 0. The van der Waals surface area contributed by atoms with Crippen molar-refractivity contribution in [3.8, 4) is 0 Å². The fourth-order valence-corrected chi connectivity index (χ4v) is 6.31. The lowest BCUT2D eigenvalue weighted by Crippen LogP contribution is -2.34. The molecule has 1 heterocycles. The normalized spacial score (nSPS) is 15.5. The van der Waals surface area contributed by atoms with Crippen LogP contribution in [0.3, 0.4) is 0 Å². The highest BCUT2D eigenvalue weighted by Crippen LogP contribution is 2.51. The molecule has 212 valence electrons. The van der Waals surface area contributed by atoms with Gasteiger partial charge >= 0.3 is 0 Å². The van der Waals surface area contributed by atoms with Gasteiger partial charge in [-0.2, -0.15) is 0 Å². The standard InChI is InChI=1S/C39H46N2/c1-26(2)32-21-15-22-33(27(3)4)37(32)40-25-36(30-17-11-9-12-18-30)41(39(40)31-19-13-10-14-20-31)38-34(28(5)6)23-16-24-35(38)29(7)8/h9-29,39H,1-8H3. The van der Waals surface area contributed by atoms with Gasteiger partial charge in [-0.25, -0.2) is 0 Å². The van der Waals surface area contributed by atoms with E-state index in [1.54, 1.807) is 0 Å². The van der Waals surface area contributed by atoms with Crippen LogP contribution in [0.25, 0.3) is 5.70 Å². The molecule has 1 atom stereocenters. The highest BCUT2D eigenvalue weighted by molar-refractivity contribution is 5.90. The molecule has 41 heavy (non-hydrogen) atoms. The van der Waals surface area contributed by atoms with Gasteiger partial charge < -0.3 is 9.80 Å². The Morgan fingerprint density at radius 1 is 0.463 bits per heavy atom. The number of anilines is 2. The number of hydrogen-bond donors (Lipinski definition) is 0. The van der Waals surface area contributed by atoms with Gasteiger partial charge in [0.15, 0.2) is 0 Å². The van der Waals surface area contributed by atoms with Crippen LogP contribution in [0.2, 0.25) is 0 Å². The smallest absolute Gasteiger partial charge is 0.136 e. The van der Waals surface area contributed by atoms with Gasteiger partial charge in [-0.1, -0.05) is 152 Å². The highest BCUT2D eigenvalue weighted by atomic mass is 15.4. The largest absolute Gasteiger partial charge is 0.320 e. The molecule has 0 N–H and O–H groups in total. The predicted octanol–water partition coefficient (Wildman–Crippen LogP) is 11.2. The van der Waals surface area contributed by atoms with Crippen LogP contribution in [-0.4, -0.2) is 0 Å². The van der Waals surface area contributed by atoms with E-state index >= 15 is 0 Å². The Kier molecular flexibility index (Phi) is 8.40. The third-order valence-corrected chi connectivity index (χ3v) is 8.38. The van der Waals surface area contributed by atoms with Crippen molar-refractivity contribution in [3.63, 3.8) is 0 Å². The van der Waals surface area contributed by atoms with E-state index in [-0.39, 0.29) is 6.17 Å². The van der Waals surface area contributed by atoms with Crippen molar-refractivity contribution in [1.29, 1.82) is 0 Å². The molecule has 0 saturated heterocycles. The number of rotatable bonds is 8. The summed E-state index contributed by atoms with van der Waals surface area (Å²) in [6, 6.07) is 35.9. The van der Waals surface area contributed by atoms with E-state index in [1.165, 1.54) is 50.5 Å². The van der Waals surface area contributed by atoms with Crippen LogP contribution in [0.4, 0.5) is 11.4 Å². The van der Waals surface area contributed by atoms with Crippen LogP contribution in [0.5, 0.6) is 0 Å². The van der Waals surface area contributed by atoms with E-state index in [9.17, 15) is 0 Å². The molecule has 0 amide bonds. The fraction of sp³-hybridized carbons (Fsp3) is 0.333. The zero-order valence-electron chi connectivity index (χ0n) is 26.1. The van der Waals surface area contributed by atoms with E-state index in [0.29, 0.717) is 23.7 Å². The van der Waals surface area contributed by atoms with Crippen molar-refractivity contribution in [2.75, 3.05) is 9.80 Å². The van der Waals surface area contributed by atoms with Gasteiger partial charge in [-0.05, 0) is 57.1 Å². The Morgan fingerprint density at radius 3 is 1.32 bits per heavy atom. The lowest BCUT2D eigenvalue weighted by atomic mass is 9.90. The van der Waals surface area contributed by atoms with E-state index in [2.05, 4.69) is 168 Å². The molecule has 0 fully saturated rings. The maximum Gasteiger partial charge on any atom is 0.136 e. The third-order valence-electron chi connectivity index (χ3n) is 8.38. The molecule has 1 unspecified atom stereocenters. The Balaban J connectivity index is 1.90. The maximum absolute atomic E-state index is 2.65. The Bertz CT molecular complexity index is 1440. The summed E-state index contributed by atoms with van der Waals surface area (Å²) in [5.74, 6) is 1.58. The van der Waals surface area contributed by atoms with Crippen molar-refractivity contribution >= 4 is 17.1 Å². The van der Waals surface area contributed by atoms with Gasteiger partial charge in [-0.15, -0.1) is 0 Å². The molecule has 1 aliphatic heterocycles. The van der Waals surface area contributed by atoms with Gasteiger partial charge in [0.2, 0.25) is 0 Å². The molecule has 1 aliphatic rings. The second-order valence-corrected chi connectivity index (χ2v) is 12.6. The molecule has 0 aliphatic carbocycles. The zero-order chi connectivity index (χ0) is 29.3. The second kappa shape index (κ2) is 12.0. The molecular formula is C39H46N2. The van der Waals surface area contributed by atoms with Gasteiger partial charge in [0.25, 0.3) is 0 Å². The minimum atomic E-state index is -0.0267. The Morgan fingerprint density at radius 2 is 0.878 bits per heavy atom. The van der Waals surface area contributed by atoms with E-state index in [1.807, 2.05) is 0 Å². The average molecular weight is 543 g/mol. The van der Waals surface area contributed by atoms with Crippen molar-refractivity contribution in [1.82, 2.24) is 0 Å². The van der Waals surface area contributed by atoms with Gasteiger partial charge in [0, 0.05) is 11.9 Å². The van der Waals surface area contributed by atoms with Crippen molar-refractivity contribution in [2.45, 2.75) is 85.2 Å². The van der Waals surface area contributed by atoms with Gasteiger partial charge in [-0.3, -0.25) is 0 Å². The van der Waals surface area contributed by atoms with E-state index in [0.717, 1.165) is 0 Å². The minimum absolute atomic E-state index is 0.0267. The molecule has 5 rings (SSSR count). The van der Waals surface area contributed by atoms with Crippen LogP contribution >= 0.6 is 0 Å². The summed E-state index contributed by atoms with van der Waals surface area (Å²) < 4.78 is 0. The average Bonchev–Trinajstić information content (AvgIpc) is 3.37. The molecule has 0 saturated carbocycles. The lowest BCUT2D eigenvalue weighted by molar-refractivity contribution is 0.705. The van der Waals surface area contributed by atoms with Crippen molar-refractivity contribution < 1.29 is 0 Å². The maximum atomic E-state index is 2.65. The first-order chi connectivity index (χ1) is 19.7. The van der Waals surface area contributed by atoms with E-state index < -0.39 is 0 Å². The summed E-state index contributed by atoms with van der Waals surface area (Å²) in [5.41, 5.74) is 12.0. The van der Waals surface area contributed by atoms with Crippen LogP contribution < -0.4 is 9.80 Å². The zero-order valence-corrected chi connectivity index (χ0v) is 26.1. The number of nitrogens with zero attached hydrogens (tertiary/aromatic N) is 2. The molecular weight excluding hydrogens is 496 g/mol. The van der Waals surface area contributed by atoms with Crippen LogP contribution in [0.1, 0.15) is 119 Å². The predicted molar refractivity (Wildman–Crippen MR) is 178 cm³/mol. The van der Waals surface area contributed by atoms with Crippen molar-refractivity contribution in [3.05, 3.63) is 137 Å². The number of hydrogen-bond acceptors (Lipinski definition) is 2. The van der Waals surface area contributed by atoms with Gasteiger partial charge in [0.1, 0.15) is 6.17 Å². The summed E-state index contributed by atoms with van der Waals surface area (Å²) in [4.78, 5) is 5.24. The first-order valence-electron chi connectivity index (χ1n) is 15.4. The molecule has 0 radical (unpaired) electrons. The van der Waals surface area contributed by atoms with Crippen LogP contribution in [0.15, 0.2) is 103 Å². The fourth-order valence-electron chi connectivity index (χ4n) is 6.31. The minimum Gasteiger partial charge on any atom is -0.320 e. The molecule has 4 aromatic rings. The molecule has 0 aromatic heterocycles. The van der Waals surface area contributed by atoms with Crippen molar-refractivity contribution in [2.24, 2.45) is 0 Å². The molecule has 2 heteroatoms. The highest BCUT2D eigenvalue weighted by Gasteiger charge is 2.40. The molecule has 0 bridgehead atoms. The number of benzene rings is 4. The van der Waals surface area contributed by atoms with Gasteiger partial charge in [0.05, 0.1) is 11.4 Å². The van der Waals surface area contributed by atoms with Crippen LogP contribution in [-0.2, 0) is 0 Å². The first kappa shape index (κ1) is 28.7.